The number of hydrogen-bond donors (Lipinski definition) is 0. The molecule has 1 aliphatic carbocycles. The second-order valence-electron chi connectivity index (χ2n) is 6.28. The maximum atomic E-state index is 11.2. The molecule has 0 saturated carbocycles. The van der Waals surface area contributed by atoms with Crippen molar-refractivity contribution in [1.82, 2.24) is 0 Å². The largest absolute Gasteiger partial charge is 0.432 e. The molecule has 0 saturated heterocycles. The first-order chi connectivity index (χ1) is 9.68. The standard InChI is InChI=1S/C18H32O2/c1-16-13-11-9-7-5-3-4-6-8-10-12-14-18(15-16)20-17(2)19/h15-16H,3-14H2,1-2H3/t16-/m0/s1. The lowest BCUT2D eigenvalue weighted by Crippen LogP contribution is -2.02. The van der Waals surface area contributed by atoms with Crippen LogP contribution in [0.1, 0.15) is 90.9 Å². The fourth-order valence-electron chi connectivity index (χ4n) is 2.93. The van der Waals surface area contributed by atoms with Crippen LogP contribution in [-0.2, 0) is 9.53 Å². The number of rotatable bonds is 1. The van der Waals surface area contributed by atoms with Gasteiger partial charge in [-0.1, -0.05) is 64.7 Å². The maximum absolute atomic E-state index is 11.2. The van der Waals surface area contributed by atoms with Crippen LogP contribution in [0.2, 0.25) is 0 Å². The van der Waals surface area contributed by atoms with E-state index in [0.29, 0.717) is 5.92 Å². The highest BCUT2D eigenvalue weighted by Crippen LogP contribution is 2.20. The van der Waals surface area contributed by atoms with E-state index in [0.717, 1.165) is 18.6 Å². The zero-order valence-corrected chi connectivity index (χ0v) is 13.5. The van der Waals surface area contributed by atoms with Gasteiger partial charge in [-0.15, -0.1) is 0 Å². The van der Waals surface area contributed by atoms with Crippen molar-refractivity contribution in [2.45, 2.75) is 90.9 Å². The second-order valence-corrected chi connectivity index (χ2v) is 6.28. The van der Waals surface area contributed by atoms with E-state index in [-0.39, 0.29) is 5.97 Å². The topological polar surface area (TPSA) is 26.3 Å². The number of allylic oxidation sites excluding steroid dienone is 2. The molecular weight excluding hydrogens is 248 g/mol. The minimum atomic E-state index is -0.179. The van der Waals surface area contributed by atoms with Crippen LogP contribution in [0, 0.1) is 5.92 Å². The van der Waals surface area contributed by atoms with E-state index < -0.39 is 0 Å². The Morgan fingerprint density at radius 1 is 0.950 bits per heavy atom. The quantitative estimate of drug-likeness (QED) is 0.570. The molecule has 20 heavy (non-hydrogen) atoms. The molecule has 0 aromatic rings. The van der Waals surface area contributed by atoms with Gasteiger partial charge in [0.2, 0.25) is 0 Å². The molecule has 0 aliphatic heterocycles. The Labute approximate surface area is 125 Å². The van der Waals surface area contributed by atoms with Gasteiger partial charge in [0.25, 0.3) is 0 Å². The average Bonchev–Trinajstić information content (AvgIpc) is 2.39. The number of ether oxygens (including phenoxy) is 1. The Morgan fingerprint density at radius 3 is 2.00 bits per heavy atom. The van der Waals surface area contributed by atoms with Crippen molar-refractivity contribution in [2.24, 2.45) is 5.92 Å². The number of hydrogen-bond acceptors (Lipinski definition) is 2. The molecule has 116 valence electrons. The third-order valence-corrected chi connectivity index (χ3v) is 4.08. The highest BCUT2D eigenvalue weighted by atomic mass is 16.5. The molecule has 0 N–H and O–H groups in total. The Morgan fingerprint density at radius 2 is 1.45 bits per heavy atom. The highest BCUT2D eigenvalue weighted by molar-refractivity contribution is 5.67. The van der Waals surface area contributed by atoms with E-state index >= 15 is 0 Å². The molecule has 0 aromatic heterocycles. The smallest absolute Gasteiger partial charge is 0.307 e. The Kier molecular flexibility index (Phi) is 9.44. The van der Waals surface area contributed by atoms with Gasteiger partial charge in [0.1, 0.15) is 5.76 Å². The SMILES string of the molecule is CC(=O)OC1=C[C@@H](C)CCCCCCCCCCCC1. The van der Waals surface area contributed by atoms with Gasteiger partial charge in [0, 0.05) is 13.3 Å². The van der Waals surface area contributed by atoms with Crippen LogP contribution >= 0.6 is 0 Å². The van der Waals surface area contributed by atoms with Gasteiger partial charge in [-0.2, -0.15) is 0 Å². The summed E-state index contributed by atoms with van der Waals surface area (Å²) < 4.78 is 5.37. The molecule has 0 aromatic carbocycles. The van der Waals surface area contributed by atoms with Crippen LogP contribution in [0.4, 0.5) is 0 Å². The molecule has 1 atom stereocenters. The molecule has 0 spiro atoms. The summed E-state index contributed by atoms with van der Waals surface area (Å²) in [5, 5.41) is 0. The summed E-state index contributed by atoms with van der Waals surface area (Å²) in [5.41, 5.74) is 0. The molecule has 2 heteroatoms. The van der Waals surface area contributed by atoms with Gasteiger partial charge >= 0.3 is 5.97 Å². The van der Waals surface area contributed by atoms with Crippen molar-refractivity contribution in [2.75, 3.05) is 0 Å². The van der Waals surface area contributed by atoms with Crippen LogP contribution in [-0.4, -0.2) is 5.97 Å². The molecule has 0 fully saturated rings. The summed E-state index contributed by atoms with van der Waals surface area (Å²) in [7, 11) is 0. The van der Waals surface area contributed by atoms with E-state index in [9.17, 15) is 4.79 Å². The second kappa shape index (κ2) is 10.9. The van der Waals surface area contributed by atoms with Crippen LogP contribution in [0.3, 0.4) is 0 Å². The lowest BCUT2D eigenvalue weighted by Gasteiger charge is -2.11. The summed E-state index contributed by atoms with van der Waals surface area (Å²) in [5.74, 6) is 1.25. The van der Waals surface area contributed by atoms with Gasteiger partial charge in [0.15, 0.2) is 0 Å². The van der Waals surface area contributed by atoms with Crippen molar-refractivity contribution >= 4 is 5.97 Å². The Balaban J connectivity index is 2.49. The van der Waals surface area contributed by atoms with Gasteiger partial charge in [-0.25, -0.2) is 0 Å². The normalized spacial score (nSPS) is 24.1. The summed E-state index contributed by atoms with van der Waals surface area (Å²) in [6, 6.07) is 0. The molecule has 2 nitrogen and oxygen atoms in total. The molecule has 1 rings (SSSR count). The molecule has 1 aliphatic rings. The van der Waals surface area contributed by atoms with Crippen molar-refractivity contribution in [3.8, 4) is 0 Å². The summed E-state index contributed by atoms with van der Waals surface area (Å²) >= 11 is 0. The molecule has 0 heterocycles. The zero-order chi connectivity index (χ0) is 14.6. The molecule has 0 radical (unpaired) electrons. The Bertz CT molecular complexity index is 294. The number of carbonyl (C=O) groups excluding carboxylic acids is 1. The predicted molar refractivity (Wildman–Crippen MR) is 84.4 cm³/mol. The molecule has 0 bridgehead atoms. The Hall–Kier alpha value is -0.790. The predicted octanol–water partition coefficient (Wildman–Crippen LogP) is 5.76. The molecule has 0 unspecified atom stereocenters. The highest BCUT2D eigenvalue weighted by Gasteiger charge is 2.07. The monoisotopic (exact) mass is 280 g/mol. The van der Waals surface area contributed by atoms with Crippen molar-refractivity contribution in [3.05, 3.63) is 11.8 Å². The zero-order valence-electron chi connectivity index (χ0n) is 13.5. The van der Waals surface area contributed by atoms with Crippen LogP contribution in [0.25, 0.3) is 0 Å². The van der Waals surface area contributed by atoms with Gasteiger partial charge in [0.05, 0.1) is 0 Å². The first-order valence-corrected chi connectivity index (χ1v) is 8.57. The summed E-state index contributed by atoms with van der Waals surface area (Å²) in [4.78, 5) is 11.2. The third-order valence-electron chi connectivity index (χ3n) is 4.08. The van der Waals surface area contributed by atoms with Crippen molar-refractivity contribution < 1.29 is 9.53 Å². The molecule has 0 amide bonds. The average molecular weight is 280 g/mol. The maximum Gasteiger partial charge on any atom is 0.307 e. The number of esters is 1. The number of carbonyl (C=O) groups is 1. The van der Waals surface area contributed by atoms with Crippen molar-refractivity contribution in [1.29, 1.82) is 0 Å². The summed E-state index contributed by atoms with van der Waals surface area (Å²) in [6.45, 7) is 3.74. The third kappa shape index (κ3) is 9.17. The van der Waals surface area contributed by atoms with E-state index in [1.165, 1.54) is 71.1 Å². The lowest BCUT2D eigenvalue weighted by molar-refractivity contribution is -0.137. The van der Waals surface area contributed by atoms with Gasteiger partial charge in [-0.3, -0.25) is 4.79 Å². The van der Waals surface area contributed by atoms with E-state index in [4.69, 9.17) is 4.74 Å². The van der Waals surface area contributed by atoms with Gasteiger partial charge < -0.3 is 4.74 Å². The van der Waals surface area contributed by atoms with Gasteiger partial charge in [-0.05, 0) is 24.8 Å². The van der Waals surface area contributed by atoms with Crippen LogP contribution in [0.15, 0.2) is 11.8 Å². The van der Waals surface area contributed by atoms with E-state index in [2.05, 4.69) is 13.0 Å². The fraction of sp³-hybridized carbons (Fsp3) is 0.833. The van der Waals surface area contributed by atoms with Crippen LogP contribution in [0.5, 0.6) is 0 Å². The lowest BCUT2D eigenvalue weighted by atomic mass is 10.0. The molecular formula is C18H32O2. The minimum absolute atomic E-state index is 0.179. The van der Waals surface area contributed by atoms with Crippen LogP contribution < -0.4 is 0 Å². The minimum Gasteiger partial charge on any atom is -0.432 e. The first-order valence-electron chi connectivity index (χ1n) is 8.57. The summed E-state index contributed by atoms with van der Waals surface area (Å²) in [6.07, 6.45) is 17.6. The fourth-order valence-corrected chi connectivity index (χ4v) is 2.93. The van der Waals surface area contributed by atoms with Crippen molar-refractivity contribution in [3.63, 3.8) is 0 Å². The van der Waals surface area contributed by atoms with E-state index in [1.807, 2.05) is 0 Å². The first kappa shape index (κ1) is 17.3. The van der Waals surface area contributed by atoms with E-state index in [1.54, 1.807) is 0 Å².